The minimum absolute atomic E-state index is 0.419. The molecule has 0 aliphatic heterocycles. The average Bonchev–Trinajstić information content (AvgIpc) is 2.34. The van der Waals surface area contributed by atoms with E-state index in [1.54, 1.807) is 31.2 Å². The molecular formula is C12H13ClF3NO2. The van der Waals surface area contributed by atoms with Gasteiger partial charge in [0.25, 0.3) is 0 Å². The smallest absolute Gasteiger partial charge is 0.422 e. The van der Waals surface area contributed by atoms with Crippen LogP contribution in [0.15, 0.2) is 24.3 Å². The molecule has 1 N–H and O–H groups in total. The number of alkyl carbamates (subject to hydrolysis) is 1. The molecule has 0 aliphatic carbocycles. The summed E-state index contributed by atoms with van der Waals surface area (Å²) in [6.45, 7) is 0.194. The van der Waals surface area contributed by atoms with Gasteiger partial charge in [0.05, 0.1) is 6.04 Å². The van der Waals surface area contributed by atoms with Crippen molar-refractivity contribution < 1.29 is 22.7 Å². The van der Waals surface area contributed by atoms with Crippen LogP contribution in [0.5, 0.6) is 0 Å². The number of hydrogen-bond donors (Lipinski definition) is 1. The van der Waals surface area contributed by atoms with E-state index in [1.807, 2.05) is 0 Å². The number of alkyl halides is 3. The van der Waals surface area contributed by atoms with E-state index in [2.05, 4.69) is 10.1 Å². The topological polar surface area (TPSA) is 38.3 Å². The van der Waals surface area contributed by atoms with Crippen molar-refractivity contribution in [3.63, 3.8) is 0 Å². The first kappa shape index (κ1) is 15.6. The second kappa shape index (κ2) is 6.65. The van der Waals surface area contributed by atoms with Crippen molar-refractivity contribution in [1.29, 1.82) is 0 Å². The summed E-state index contributed by atoms with van der Waals surface area (Å²) in [5, 5.41) is 2.91. The van der Waals surface area contributed by atoms with Crippen molar-refractivity contribution in [3.8, 4) is 0 Å². The normalized spacial score (nSPS) is 12.9. The van der Waals surface area contributed by atoms with Gasteiger partial charge in [0.2, 0.25) is 0 Å². The Hall–Kier alpha value is -1.43. The average molecular weight is 296 g/mol. The van der Waals surface area contributed by atoms with Crippen LogP contribution >= 0.6 is 11.6 Å². The van der Waals surface area contributed by atoms with Gasteiger partial charge in [-0.25, -0.2) is 4.79 Å². The highest BCUT2D eigenvalue weighted by molar-refractivity contribution is 6.30. The van der Waals surface area contributed by atoms with Gasteiger partial charge in [-0.05, 0) is 24.1 Å². The molecule has 1 amide bonds. The van der Waals surface area contributed by atoms with E-state index in [0.29, 0.717) is 11.4 Å². The molecular weight excluding hydrogens is 283 g/mol. The van der Waals surface area contributed by atoms with Crippen molar-refractivity contribution in [1.82, 2.24) is 5.32 Å². The van der Waals surface area contributed by atoms with Gasteiger partial charge in [-0.15, -0.1) is 0 Å². The second-order valence-corrected chi connectivity index (χ2v) is 4.28. The van der Waals surface area contributed by atoms with Crippen LogP contribution in [0.1, 0.15) is 24.9 Å². The summed E-state index contributed by atoms with van der Waals surface area (Å²) in [6.07, 6.45) is -5.11. The maximum atomic E-state index is 11.9. The van der Waals surface area contributed by atoms with E-state index in [1.165, 1.54) is 0 Å². The highest BCUT2D eigenvalue weighted by Gasteiger charge is 2.30. The summed E-state index contributed by atoms with van der Waals surface area (Å²) in [5.74, 6) is 0. The lowest BCUT2D eigenvalue weighted by Crippen LogP contribution is -2.31. The number of amides is 1. The highest BCUT2D eigenvalue weighted by atomic mass is 35.5. The Bertz CT molecular complexity index is 420. The molecule has 1 atom stereocenters. The first-order valence-corrected chi connectivity index (χ1v) is 5.95. The summed E-state index contributed by atoms with van der Waals surface area (Å²) in [4.78, 5) is 11.2. The molecule has 1 unspecified atom stereocenters. The molecule has 3 nitrogen and oxygen atoms in total. The number of rotatable bonds is 4. The molecule has 0 spiro atoms. The molecule has 1 aromatic carbocycles. The first-order valence-electron chi connectivity index (χ1n) is 5.57. The van der Waals surface area contributed by atoms with Gasteiger partial charge in [0, 0.05) is 5.02 Å². The third-order valence-electron chi connectivity index (χ3n) is 2.34. The maximum absolute atomic E-state index is 11.9. The van der Waals surface area contributed by atoms with Gasteiger partial charge in [-0.3, -0.25) is 0 Å². The van der Waals surface area contributed by atoms with E-state index in [-0.39, 0.29) is 0 Å². The van der Waals surface area contributed by atoms with Crippen molar-refractivity contribution in [2.45, 2.75) is 25.6 Å². The van der Waals surface area contributed by atoms with Crippen molar-refractivity contribution >= 4 is 17.7 Å². The molecule has 19 heavy (non-hydrogen) atoms. The number of hydrogen-bond acceptors (Lipinski definition) is 2. The van der Waals surface area contributed by atoms with E-state index in [4.69, 9.17) is 11.6 Å². The fourth-order valence-electron chi connectivity index (χ4n) is 1.45. The lowest BCUT2D eigenvalue weighted by atomic mass is 10.1. The number of halogens is 4. The maximum Gasteiger partial charge on any atom is 0.422 e. The minimum atomic E-state index is -4.53. The van der Waals surface area contributed by atoms with Crippen LogP contribution in [0.2, 0.25) is 5.02 Å². The Balaban J connectivity index is 2.57. The monoisotopic (exact) mass is 295 g/mol. The van der Waals surface area contributed by atoms with Gasteiger partial charge in [0.1, 0.15) is 0 Å². The zero-order chi connectivity index (χ0) is 14.5. The number of nitrogens with one attached hydrogen (secondary N) is 1. The van der Waals surface area contributed by atoms with Crippen LogP contribution < -0.4 is 5.32 Å². The zero-order valence-corrected chi connectivity index (χ0v) is 10.9. The van der Waals surface area contributed by atoms with Gasteiger partial charge in [-0.2, -0.15) is 13.2 Å². The molecule has 0 saturated heterocycles. The van der Waals surface area contributed by atoms with Crippen LogP contribution in [-0.2, 0) is 4.74 Å². The molecule has 0 aliphatic rings. The summed E-state index contributed by atoms with van der Waals surface area (Å²) in [5.41, 5.74) is 0.746. The molecule has 0 heterocycles. The Morgan fingerprint density at radius 1 is 1.37 bits per heavy atom. The fraction of sp³-hybridized carbons (Fsp3) is 0.417. The van der Waals surface area contributed by atoms with Crippen molar-refractivity contribution in [2.24, 2.45) is 0 Å². The standard InChI is InChI=1S/C12H13ClF3NO2/c1-2-10(8-3-5-9(13)6-4-8)17-11(18)19-7-12(14,15)16/h3-6,10H,2,7H2,1H3,(H,17,18). The first-order chi connectivity index (χ1) is 8.81. The van der Waals surface area contributed by atoms with Gasteiger partial charge in [-0.1, -0.05) is 30.7 Å². The second-order valence-electron chi connectivity index (χ2n) is 3.85. The van der Waals surface area contributed by atoms with Crippen LogP contribution in [-0.4, -0.2) is 18.9 Å². The van der Waals surface area contributed by atoms with Crippen LogP contribution in [0.25, 0.3) is 0 Å². The van der Waals surface area contributed by atoms with E-state index in [0.717, 1.165) is 5.56 Å². The van der Waals surface area contributed by atoms with Crippen molar-refractivity contribution in [3.05, 3.63) is 34.9 Å². The third-order valence-corrected chi connectivity index (χ3v) is 2.59. The molecule has 0 bridgehead atoms. The zero-order valence-electron chi connectivity index (χ0n) is 10.1. The molecule has 106 valence electrons. The Morgan fingerprint density at radius 2 is 1.95 bits per heavy atom. The molecule has 1 aromatic rings. The molecule has 0 saturated carbocycles. The van der Waals surface area contributed by atoms with Crippen LogP contribution in [0, 0.1) is 0 Å². The number of carbonyl (C=O) groups is 1. The molecule has 0 aromatic heterocycles. The summed E-state index contributed by atoms with van der Waals surface area (Å²) in [7, 11) is 0. The molecule has 0 radical (unpaired) electrons. The fourth-order valence-corrected chi connectivity index (χ4v) is 1.57. The predicted octanol–water partition coefficient (Wildman–Crippen LogP) is 4.08. The molecule has 0 fully saturated rings. The quantitative estimate of drug-likeness (QED) is 0.909. The number of carbonyl (C=O) groups excluding carboxylic acids is 1. The van der Waals surface area contributed by atoms with Crippen LogP contribution in [0.3, 0.4) is 0 Å². The summed E-state index contributed by atoms with van der Waals surface area (Å²) < 4.78 is 39.7. The molecule has 1 rings (SSSR count). The van der Waals surface area contributed by atoms with Gasteiger partial charge < -0.3 is 10.1 Å². The largest absolute Gasteiger partial charge is 0.440 e. The van der Waals surface area contributed by atoms with E-state index < -0.39 is 24.9 Å². The van der Waals surface area contributed by atoms with E-state index >= 15 is 0 Å². The van der Waals surface area contributed by atoms with Crippen molar-refractivity contribution in [2.75, 3.05) is 6.61 Å². The summed E-state index contributed by atoms with van der Waals surface area (Å²) in [6, 6.07) is 6.25. The van der Waals surface area contributed by atoms with Gasteiger partial charge in [0.15, 0.2) is 6.61 Å². The predicted molar refractivity (Wildman–Crippen MR) is 65.0 cm³/mol. The third kappa shape index (κ3) is 5.83. The number of benzene rings is 1. The number of ether oxygens (including phenoxy) is 1. The highest BCUT2D eigenvalue weighted by Crippen LogP contribution is 2.20. The minimum Gasteiger partial charge on any atom is -0.440 e. The summed E-state index contributed by atoms with van der Waals surface area (Å²) >= 11 is 5.73. The molecule has 7 heteroatoms. The lowest BCUT2D eigenvalue weighted by molar-refractivity contribution is -0.160. The Morgan fingerprint density at radius 3 is 2.42 bits per heavy atom. The SMILES string of the molecule is CCC(NC(=O)OCC(F)(F)F)c1ccc(Cl)cc1. The lowest BCUT2D eigenvalue weighted by Gasteiger charge is -2.17. The Kier molecular flexibility index (Phi) is 5.47. The van der Waals surface area contributed by atoms with Gasteiger partial charge >= 0.3 is 12.3 Å². The van der Waals surface area contributed by atoms with Crippen LogP contribution in [0.4, 0.5) is 18.0 Å². The van der Waals surface area contributed by atoms with E-state index in [9.17, 15) is 18.0 Å². The Labute approximate surface area is 113 Å².